The first-order valence-corrected chi connectivity index (χ1v) is 12.2. The second-order valence-electron chi connectivity index (χ2n) is 7.21. The number of anilines is 2. The molecule has 0 atom stereocenters. The predicted molar refractivity (Wildman–Crippen MR) is 138 cm³/mol. The summed E-state index contributed by atoms with van der Waals surface area (Å²) in [5.74, 6) is 1.32. The van der Waals surface area contributed by atoms with Gasteiger partial charge in [-0.1, -0.05) is 54.1 Å². The Hall–Kier alpha value is -4.21. The molecule has 0 aromatic heterocycles. The van der Waals surface area contributed by atoms with Gasteiger partial charge in [-0.05, 0) is 65.3 Å². The summed E-state index contributed by atoms with van der Waals surface area (Å²) in [5, 5.41) is 7.22. The highest BCUT2D eigenvalue weighted by Gasteiger charge is 2.21. The Labute approximate surface area is 207 Å². The van der Waals surface area contributed by atoms with Crippen LogP contribution in [0.1, 0.15) is 5.56 Å². The van der Waals surface area contributed by atoms with E-state index in [1.807, 2.05) is 48.5 Å². The Balaban J connectivity index is 1.55. The number of nitroso groups, excluding NO2 is 1. The number of halogens is 1. The minimum atomic E-state index is -4.13. The standard InChI is InChI=1S/C25H19ClN4O4S/c26-22-11-4-5-12-23(22)30-35(32,33)25-16-19(29-31)13-14-24(25)28-27-17-18-7-6-10-21(15-18)34-20-8-2-1-3-9-20/h1-17,28,30H/b27-17+. The molecule has 2 N–H and O–H groups in total. The van der Waals surface area contributed by atoms with Crippen LogP contribution >= 0.6 is 11.6 Å². The van der Waals surface area contributed by atoms with Gasteiger partial charge in [0, 0.05) is 0 Å². The smallest absolute Gasteiger partial charge is 0.264 e. The fraction of sp³-hybridized carbons (Fsp3) is 0. The maximum Gasteiger partial charge on any atom is 0.264 e. The van der Waals surface area contributed by atoms with E-state index in [1.165, 1.54) is 24.4 Å². The highest BCUT2D eigenvalue weighted by Crippen LogP contribution is 2.30. The molecule has 10 heteroatoms. The lowest BCUT2D eigenvalue weighted by molar-refractivity contribution is 0.482. The van der Waals surface area contributed by atoms with E-state index in [4.69, 9.17) is 16.3 Å². The molecule has 0 saturated heterocycles. The van der Waals surface area contributed by atoms with Gasteiger partial charge in [0.15, 0.2) is 0 Å². The molecule has 4 aromatic rings. The number of hydrogen-bond acceptors (Lipinski definition) is 7. The average molecular weight is 507 g/mol. The maximum absolute atomic E-state index is 13.1. The molecule has 0 aliphatic carbocycles. The minimum Gasteiger partial charge on any atom is -0.457 e. The van der Waals surface area contributed by atoms with Crippen molar-refractivity contribution in [3.8, 4) is 11.5 Å². The van der Waals surface area contributed by atoms with Crippen molar-refractivity contribution in [2.45, 2.75) is 4.90 Å². The van der Waals surface area contributed by atoms with Crippen LogP contribution in [0.25, 0.3) is 0 Å². The summed E-state index contributed by atoms with van der Waals surface area (Å²) in [5.41, 5.74) is 3.73. The van der Waals surface area contributed by atoms with Crippen LogP contribution in [0.5, 0.6) is 11.5 Å². The Kier molecular flexibility index (Phi) is 7.39. The van der Waals surface area contributed by atoms with Crippen LogP contribution in [-0.2, 0) is 10.0 Å². The molecular weight excluding hydrogens is 488 g/mol. The normalized spacial score (nSPS) is 11.2. The van der Waals surface area contributed by atoms with E-state index in [9.17, 15) is 13.3 Å². The van der Waals surface area contributed by atoms with E-state index in [1.54, 1.807) is 24.3 Å². The number of nitrogens with zero attached hydrogens (tertiary/aromatic N) is 2. The summed E-state index contributed by atoms with van der Waals surface area (Å²) in [6.07, 6.45) is 1.52. The number of rotatable bonds is 9. The van der Waals surface area contributed by atoms with Gasteiger partial charge in [-0.3, -0.25) is 10.1 Å². The Morgan fingerprint density at radius 3 is 2.31 bits per heavy atom. The lowest BCUT2D eigenvalue weighted by Crippen LogP contribution is -2.15. The topological polar surface area (TPSA) is 109 Å². The molecule has 35 heavy (non-hydrogen) atoms. The molecule has 0 aliphatic heterocycles. The van der Waals surface area contributed by atoms with Crippen molar-refractivity contribution in [2.24, 2.45) is 10.3 Å². The molecule has 0 bridgehead atoms. The summed E-state index contributed by atoms with van der Waals surface area (Å²) in [6.45, 7) is 0. The number of benzene rings is 4. The largest absolute Gasteiger partial charge is 0.457 e. The molecule has 8 nitrogen and oxygen atoms in total. The second kappa shape index (κ2) is 10.8. The van der Waals surface area contributed by atoms with E-state index >= 15 is 0 Å². The lowest BCUT2D eigenvalue weighted by Gasteiger charge is -2.13. The van der Waals surface area contributed by atoms with Crippen molar-refractivity contribution >= 4 is 44.9 Å². The molecule has 0 unspecified atom stereocenters. The Bertz CT molecular complexity index is 1480. The number of hydrogen-bond donors (Lipinski definition) is 2. The summed E-state index contributed by atoms with van der Waals surface area (Å²) in [6, 6.07) is 26.9. The molecule has 0 radical (unpaired) electrons. The maximum atomic E-state index is 13.1. The van der Waals surface area contributed by atoms with Crippen molar-refractivity contribution < 1.29 is 13.2 Å². The number of ether oxygens (including phenoxy) is 1. The Morgan fingerprint density at radius 1 is 0.800 bits per heavy atom. The molecule has 0 aliphatic rings. The second-order valence-corrected chi connectivity index (χ2v) is 9.27. The van der Waals surface area contributed by atoms with Crippen LogP contribution < -0.4 is 14.9 Å². The highest BCUT2D eigenvalue weighted by molar-refractivity contribution is 7.93. The zero-order chi connectivity index (χ0) is 24.7. The average Bonchev–Trinajstić information content (AvgIpc) is 2.86. The zero-order valence-corrected chi connectivity index (χ0v) is 19.7. The van der Waals surface area contributed by atoms with Gasteiger partial charge in [0.25, 0.3) is 10.0 Å². The van der Waals surface area contributed by atoms with Crippen LogP contribution in [0.15, 0.2) is 112 Å². The summed E-state index contributed by atoms with van der Waals surface area (Å²) < 4.78 is 34.4. The van der Waals surface area contributed by atoms with Crippen LogP contribution in [0, 0.1) is 4.91 Å². The molecule has 0 saturated carbocycles. The first kappa shape index (κ1) is 23.9. The monoisotopic (exact) mass is 506 g/mol. The molecule has 0 amide bonds. The van der Waals surface area contributed by atoms with Gasteiger partial charge in [-0.25, -0.2) is 8.42 Å². The highest BCUT2D eigenvalue weighted by atomic mass is 35.5. The van der Waals surface area contributed by atoms with E-state index in [-0.39, 0.29) is 27.0 Å². The van der Waals surface area contributed by atoms with Gasteiger partial charge in [0.2, 0.25) is 0 Å². The van der Waals surface area contributed by atoms with Crippen LogP contribution in [-0.4, -0.2) is 14.6 Å². The minimum absolute atomic E-state index is 0.0511. The van der Waals surface area contributed by atoms with Crippen molar-refractivity contribution in [1.29, 1.82) is 0 Å². The van der Waals surface area contributed by atoms with Crippen LogP contribution in [0.4, 0.5) is 17.1 Å². The number of para-hydroxylation sites is 2. The van der Waals surface area contributed by atoms with Crippen molar-refractivity contribution in [3.63, 3.8) is 0 Å². The fourth-order valence-electron chi connectivity index (χ4n) is 3.09. The number of hydrazone groups is 1. The molecule has 4 rings (SSSR count). The summed E-state index contributed by atoms with van der Waals surface area (Å²) in [7, 11) is -4.13. The lowest BCUT2D eigenvalue weighted by atomic mass is 10.2. The molecular formula is C25H19ClN4O4S. The van der Waals surface area contributed by atoms with Crippen molar-refractivity contribution in [3.05, 3.63) is 113 Å². The quantitative estimate of drug-likeness (QED) is 0.148. The van der Waals surface area contributed by atoms with E-state index in [0.29, 0.717) is 11.5 Å². The van der Waals surface area contributed by atoms with Gasteiger partial charge >= 0.3 is 0 Å². The van der Waals surface area contributed by atoms with E-state index < -0.39 is 10.0 Å². The van der Waals surface area contributed by atoms with Gasteiger partial charge < -0.3 is 4.74 Å². The molecule has 0 fully saturated rings. The van der Waals surface area contributed by atoms with Crippen LogP contribution in [0.2, 0.25) is 5.02 Å². The third-order valence-corrected chi connectivity index (χ3v) is 6.45. The van der Waals surface area contributed by atoms with Gasteiger partial charge in [-0.15, -0.1) is 4.91 Å². The van der Waals surface area contributed by atoms with Gasteiger partial charge in [0.1, 0.15) is 22.1 Å². The van der Waals surface area contributed by atoms with Crippen LogP contribution in [0.3, 0.4) is 0 Å². The first-order chi connectivity index (χ1) is 16.9. The predicted octanol–water partition coefficient (Wildman–Crippen LogP) is 6.78. The summed E-state index contributed by atoms with van der Waals surface area (Å²) in [4.78, 5) is 10.8. The van der Waals surface area contributed by atoms with Crippen molar-refractivity contribution in [1.82, 2.24) is 0 Å². The van der Waals surface area contributed by atoms with Gasteiger partial charge in [-0.2, -0.15) is 5.10 Å². The molecule has 176 valence electrons. The zero-order valence-electron chi connectivity index (χ0n) is 18.1. The molecule has 0 heterocycles. The molecule has 0 spiro atoms. The first-order valence-electron chi connectivity index (χ1n) is 10.3. The third-order valence-electron chi connectivity index (χ3n) is 4.71. The van der Waals surface area contributed by atoms with Gasteiger partial charge in [0.05, 0.1) is 22.6 Å². The number of nitrogens with one attached hydrogen (secondary N) is 2. The van der Waals surface area contributed by atoms with E-state index in [2.05, 4.69) is 20.4 Å². The SMILES string of the molecule is O=Nc1ccc(N/N=C/c2cccc(Oc3ccccc3)c2)c(S(=O)(=O)Nc2ccccc2Cl)c1. The van der Waals surface area contributed by atoms with E-state index in [0.717, 1.165) is 11.6 Å². The fourth-order valence-corrected chi connectivity index (χ4v) is 4.58. The number of sulfonamides is 1. The molecule has 4 aromatic carbocycles. The Morgan fingerprint density at radius 2 is 1.54 bits per heavy atom. The summed E-state index contributed by atoms with van der Waals surface area (Å²) >= 11 is 6.09. The third kappa shape index (κ3) is 6.23. The van der Waals surface area contributed by atoms with Crippen molar-refractivity contribution in [2.75, 3.05) is 10.1 Å².